The van der Waals surface area contributed by atoms with Crippen molar-refractivity contribution in [2.45, 2.75) is 26.1 Å². The highest BCUT2D eigenvalue weighted by Crippen LogP contribution is 2.27. The maximum absolute atomic E-state index is 9.49. The van der Waals surface area contributed by atoms with Gasteiger partial charge < -0.3 is 14.7 Å². The third-order valence-corrected chi connectivity index (χ3v) is 4.23. The van der Waals surface area contributed by atoms with E-state index < -0.39 is 0 Å². The fourth-order valence-corrected chi connectivity index (χ4v) is 3.01. The highest BCUT2D eigenvalue weighted by atomic mass is 79.9. The average Bonchev–Trinajstić information content (AvgIpc) is 2.98. The van der Waals surface area contributed by atoms with Crippen LogP contribution in [0.15, 0.2) is 35.1 Å². The van der Waals surface area contributed by atoms with E-state index in [9.17, 15) is 5.11 Å². The second-order valence-electron chi connectivity index (χ2n) is 5.36. The summed E-state index contributed by atoms with van der Waals surface area (Å²) in [6, 6.07) is 7.78. The molecule has 5 nitrogen and oxygen atoms in total. The number of aliphatic hydroxyl groups excluding tert-OH is 1. The highest BCUT2D eigenvalue weighted by molar-refractivity contribution is 9.10. The van der Waals surface area contributed by atoms with Crippen LogP contribution in [0.1, 0.15) is 17.7 Å². The van der Waals surface area contributed by atoms with Gasteiger partial charge in [0.2, 0.25) is 5.88 Å². The topological polar surface area (TPSA) is 58.5 Å². The van der Waals surface area contributed by atoms with Crippen molar-refractivity contribution in [3.8, 4) is 5.88 Å². The van der Waals surface area contributed by atoms with Crippen molar-refractivity contribution in [2.24, 2.45) is 0 Å². The van der Waals surface area contributed by atoms with Crippen molar-refractivity contribution in [1.29, 1.82) is 0 Å². The number of halogens is 1. The van der Waals surface area contributed by atoms with Gasteiger partial charge in [-0.3, -0.25) is 0 Å². The van der Waals surface area contributed by atoms with Gasteiger partial charge in [-0.25, -0.2) is 9.97 Å². The molecule has 0 aromatic carbocycles. The minimum atomic E-state index is -0.0733. The second kappa shape index (κ2) is 6.62. The van der Waals surface area contributed by atoms with Gasteiger partial charge in [-0.15, -0.1) is 0 Å². The fraction of sp³-hybridized carbons (Fsp3) is 0.375. The van der Waals surface area contributed by atoms with Crippen LogP contribution in [0.25, 0.3) is 0 Å². The molecule has 1 unspecified atom stereocenters. The molecule has 0 radical (unpaired) electrons. The van der Waals surface area contributed by atoms with Gasteiger partial charge in [-0.2, -0.15) is 0 Å². The lowest BCUT2D eigenvalue weighted by atomic mass is 10.3. The SMILES string of the molecule is Cc1cccnc1OC1CCN(c2ccc(Br)nc2CO)C1. The van der Waals surface area contributed by atoms with Gasteiger partial charge in [0.1, 0.15) is 10.7 Å². The fourth-order valence-electron chi connectivity index (χ4n) is 2.67. The van der Waals surface area contributed by atoms with Crippen molar-refractivity contribution in [3.63, 3.8) is 0 Å². The van der Waals surface area contributed by atoms with Crippen LogP contribution in [-0.2, 0) is 6.61 Å². The highest BCUT2D eigenvalue weighted by Gasteiger charge is 2.26. The number of hydrogen-bond acceptors (Lipinski definition) is 5. The van der Waals surface area contributed by atoms with Crippen LogP contribution in [0.5, 0.6) is 5.88 Å². The molecule has 6 heteroatoms. The van der Waals surface area contributed by atoms with Gasteiger partial charge in [0.25, 0.3) is 0 Å². The van der Waals surface area contributed by atoms with E-state index >= 15 is 0 Å². The van der Waals surface area contributed by atoms with Crippen LogP contribution in [0.2, 0.25) is 0 Å². The average molecular weight is 364 g/mol. The van der Waals surface area contributed by atoms with Crippen LogP contribution < -0.4 is 9.64 Å². The molecule has 2 aromatic rings. The summed E-state index contributed by atoms with van der Waals surface area (Å²) in [6.07, 6.45) is 2.78. The van der Waals surface area contributed by atoms with Crippen molar-refractivity contribution >= 4 is 21.6 Å². The first kappa shape index (κ1) is 15.2. The number of anilines is 1. The predicted molar refractivity (Wildman–Crippen MR) is 88.1 cm³/mol. The quantitative estimate of drug-likeness (QED) is 0.846. The van der Waals surface area contributed by atoms with E-state index in [-0.39, 0.29) is 12.7 Å². The molecule has 1 saturated heterocycles. The molecule has 116 valence electrons. The minimum absolute atomic E-state index is 0.0733. The lowest BCUT2D eigenvalue weighted by Crippen LogP contribution is -2.26. The first-order chi connectivity index (χ1) is 10.7. The van der Waals surface area contributed by atoms with Gasteiger partial charge in [-0.05, 0) is 41.1 Å². The minimum Gasteiger partial charge on any atom is -0.472 e. The van der Waals surface area contributed by atoms with E-state index in [1.807, 2.05) is 31.2 Å². The van der Waals surface area contributed by atoms with Crippen LogP contribution in [-0.4, -0.2) is 34.3 Å². The van der Waals surface area contributed by atoms with E-state index in [4.69, 9.17) is 4.74 Å². The summed E-state index contributed by atoms with van der Waals surface area (Å²) in [7, 11) is 0. The largest absolute Gasteiger partial charge is 0.472 e. The summed E-state index contributed by atoms with van der Waals surface area (Å²) in [5, 5.41) is 9.49. The first-order valence-electron chi connectivity index (χ1n) is 7.27. The number of aromatic nitrogens is 2. The summed E-state index contributed by atoms with van der Waals surface area (Å²) >= 11 is 3.34. The number of hydrogen-bond donors (Lipinski definition) is 1. The van der Waals surface area contributed by atoms with E-state index in [0.717, 1.165) is 35.4 Å². The Labute approximate surface area is 138 Å². The smallest absolute Gasteiger partial charge is 0.216 e. The summed E-state index contributed by atoms with van der Waals surface area (Å²) in [5.41, 5.74) is 2.70. The normalized spacial score (nSPS) is 17.8. The molecule has 0 bridgehead atoms. The third-order valence-electron chi connectivity index (χ3n) is 3.79. The van der Waals surface area contributed by atoms with Gasteiger partial charge in [0.05, 0.1) is 24.5 Å². The second-order valence-corrected chi connectivity index (χ2v) is 6.17. The molecule has 0 spiro atoms. The molecule has 1 fully saturated rings. The molecule has 0 amide bonds. The van der Waals surface area contributed by atoms with E-state index in [0.29, 0.717) is 11.6 Å². The Hall–Kier alpha value is -1.66. The molecule has 3 rings (SSSR count). The number of rotatable bonds is 4. The zero-order valence-electron chi connectivity index (χ0n) is 12.4. The summed E-state index contributed by atoms with van der Waals surface area (Å²) in [6.45, 7) is 3.58. The Bertz CT molecular complexity index is 666. The molecule has 1 aliphatic rings. The Morgan fingerprint density at radius 1 is 1.41 bits per heavy atom. The molecule has 2 aromatic heterocycles. The van der Waals surface area contributed by atoms with Crippen molar-refractivity contribution in [2.75, 3.05) is 18.0 Å². The van der Waals surface area contributed by atoms with Gasteiger partial charge in [0, 0.05) is 24.7 Å². The Balaban J connectivity index is 1.71. The molecule has 1 aliphatic heterocycles. The Kier molecular flexibility index (Phi) is 4.59. The monoisotopic (exact) mass is 363 g/mol. The molecule has 0 aliphatic carbocycles. The number of aliphatic hydroxyl groups is 1. The van der Waals surface area contributed by atoms with E-state index in [1.165, 1.54) is 0 Å². The first-order valence-corrected chi connectivity index (χ1v) is 8.06. The lowest BCUT2D eigenvalue weighted by Gasteiger charge is -2.21. The third kappa shape index (κ3) is 3.23. The standard InChI is InChI=1S/C16H18BrN3O2/c1-11-3-2-7-18-16(11)22-12-6-8-20(9-12)14-4-5-15(17)19-13(14)10-21/h2-5,7,12,21H,6,8-10H2,1H3. The molecule has 1 N–H and O–H groups in total. The van der Waals surface area contributed by atoms with E-state index in [2.05, 4.69) is 30.8 Å². The van der Waals surface area contributed by atoms with Crippen molar-refractivity contribution in [1.82, 2.24) is 9.97 Å². The van der Waals surface area contributed by atoms with Gasteiger partial charge >= 0.3 is 0 Å². The molecule has 22 heavy (non-hydrogen) atoms. The van der Waals surface area contributed by atoms with Crippen LogP contribution in [0, 0.1) is 6.92 Å². The summed E-state index contributed by atoms with van der Waals surface area (Å²) in [4.78, 5) is 10.8. The molecule has 1 atom stereocenters. The van der Waals surface area contributed by atoms with E-state index in [1.54, 1.807) is 6.20 Å². The maximum Gasteiger partial charge on any atom is 0.216 e. The molecule has 0 saturated carbocycles. The summed E-state index contributed by atoms with van der Waals surface area (Å²) < 4.78 is 6.74. The Morgan fingerprint density at radius 2 is 2.27 bits per heavy atom. The molecule has 3 heterocycles. The Morgan fingerprint density at radius 3 is 3.05 bits per heavy atom. The van der Waals surface area contributed by atoms with Crippen LogP contribution >= 0.6 is 15.9 Å². The van der Waals surface area contributed by atoms with Crippen LogP contribution in [0.4, 0.5) is 5.69 Å². The number of ether oxygens (including phenoxy) is 1. The lowest BCUT2D eigenvalue weighted by molar-refractivity contribution is 0.214. The zero-order valence-corrected chi connectivity index (χ0v) is 14.0. The number of aryl methyl sites for hydroxylation is 1. The predicted octanol–water partition coefficient (Wildman–Crippen LogP) is 2.70. The molecular formula is C16H18BrN3O2. The summed E-state index contributed by atoms with van der Waals surface area (Å²) in [5.74, 6) is 0.700. The zero-order chi connectivity index (χ0) is 15.5. The number of pyridine rings is 2. The van der Waals surface area contributed by atoms with Crippen molar-refractivity contribution < 1.29 is 9.84 Å². The van der Waals surface area contributed by atoms with Crippen LogP contribution in [0.3, 0.4) is 0 Å². The van der Waals surface area contributed by atoms with Crippen molar-refractivity contribution in [3.05, 3.63) is 46.3 Å². The molecular weight excluding hydrogens is 346 g/mol. The van der Waals surface area contributed by atoms with Gasteiger partial charge in [-0.1, -0.05) is 6.07 Å². The van der Waals surface area contributed by atoms with Gasteiger partial charge in [0.15, 0.2) is 0 Å². The number of nitrogens with zero attached hydrogens (tertiary/aromatic N) is 3. The maximum atomic E-state index is 9.49.